The molecular weight excluding hydrogens is 174 g/mol. The third-order valence-corrected chi connectivity index (χ3v) is 3.05. The number of benzene rings is 1. The Morgan fingerprint density at radius 3 is 2.57 bits per heavy atom. The number of nitrogens with one attached hydrogen (secondary N) is 1. The van der Waals surface area contributed by atoms with E-state index in [9.17, 15) is 4.79 Å². The monoisotopic (exact) mass is 189 g/mol. The predicted octanol–water partition coefficient (Wildman–Crippen LogP) is 1.85. The molecule has 1 atom stereocenters. The molecule has 14 heavy (non-hydrogen) atoms. The number of ketones is 1. The minimum atomic E-state index is -0.402. The van der Waals surface area contributed by atoms with Crippen LogP contribution in [-0.4, -0.2) is 12.3 Å². The number of carbonyl (C=O) groups excluding carboxylic acids is 1. The molecule has 0 radical (unpaired) electrons. The van der Waals surface area contributed by atoms with Gasteiger partial charge in [-0.15, -0.1) is 0 Å². The van der Waals surface area contributed by atoms with Crippen molar-refractivity contribution in [2.24, 2.45) is 0 Å². The largest absolute Gasteiger partial charge is 0.301 e. The second kappa shape index (κ2) is 3.54. The van der Waals surface area contributed by atoms with E-state index in [2.05, 4.69) is 12.2 Å². The molecule has 2 heteroatoms. The van der Waals surface area contributed by atoms with Crippen molar-refractivity contribution in [2.75, 3.05) is 6.54 Å². The average molecular weight is 189 g/mol. The van der Waals surface area contributed by atoms with Gasteiger partial charge in [0.1, 0.15) is 5.54 Å². The summed E-state index contributed by atoms with van der Waals surface area (Å²) in [5.41, 5.74) is 0.700. The van der Waals surface area contributed by atoms with Crippen LogP contribution in [-0.2, 0) is 10.3 Å². The summed E-state index contributed by atoms with van der Waals surface area (Å²) in [4.78, 5) is 11.9. The summed E-state index contributed by atoms with van der Waals surface area (Å²) in [6.07, 6.45) is 1.48. The lowest BCUT2D eigenvalue weighted by atomic mass is 9.85. The highest BCUT2D eigenvalue weighted by Crippen LogP contribution is 2.30. The van der Waals surface area contributed by atoms with E-state index in [1.54, 1.807) is 0 Å². The first kappa shape index (κ1) is 9.41. The first-order chi connectivity index (χ1) is 6.79. The lowest BCUT2D eigenvalue weighted by Crippen LogP contribution is -2.41. The summed E-state index contributed by atoms with van der Waals surface area (Å²) >= 11 is 0. The predicted molar refractivity (Wildman–Crippen MR) is 56.0 cm³/mol. The number of Topliss-reactive ketones (excluding diaryl/α,β-unsaturated/α-hetero) is 1. The molecule has 1 unspecified atom stereocenters. The number of hydrogen-bond acceptors (Lipinski definition) is 2. The molecule has 2 nitrogen and oxygen atoms in total. The van der Waals surface area contributed by atoms with Crippen LogP contribution in [0.1, 0.15) is 25.3 Å². The Balaban J connectivity index is 2.43. The molecule has 0 saturated carbocycles. The maximum atomic E-state index is 11.9. The fraction of sp³-hybridized carbons (Fsp3) is 0.417. The highest BCUT2D eigenvalue weighted by Gasteiger charge is 2.41. The fourth-order valence-electron chi connectivity index (χ4n) is 2.21. The molecular formula is C12H15NO. The molecule has 0 spiro atoms. The average Bonchev–Trinajstić information content (AvgIpc) is 2.62. The molecule has 2 rings (SSSR count). The zero-order valence-corrected chi connectivity index (χ0v) is 8.42. The summed E-state index contributed by atoms with van der Waals surface area (Å²) in [6.45, 7) is 2.87. The lowest BCUT2D eigenvalue weighted by molar-refractivity contribution is -0.122. The van der Waals surface area contributed by atoms with Crippen LogP contribution in [0.25, 0.3) is 0 Å². The highest BCUT2D eigenvalue weighted by atomic mass is 16.1. The molecule has 1 aromatic carbocycles. The third kappa shape index (κ3) is 1.26. The zero-order valence-electron chi connectivity index (χ0n) is 8.42. The Bertz CT molecular complexity index is 333. The quantitative estimate of drug-likeness (QED) is 0.769. The molecule has 0 amide bonds. The fourth-order valence-corrected chi connectivity index (χ4v) is 2.21. The van der Waals surface area contributed by atoms with Crippen molar-refractivity contribution in [1.82, 2.24) is 5.32 Å². The number of hydrogen-bond donors (Lipinski definition) is 1. The van der Waals surface area contributed by atoms with Gasteiger partial charge in [0.05, 0.1) is 0 Å². The maximum absolute atomic E-state index is 11.9. The Morgan fingerprint density at radius 2 is 2.07 bits per heavy atom. The molecule has 0 aliphatic carbocycles. The van der Waals surface area contributed by atoms with Gasteiger partial charge < -0.3 is 5.32 Å². The Hall–Kier alpha value is -1.15. The van der Waals surface area contributed by atoms with Gasteiger partial charge in [0, 0.05) is 13.0 Å². The van der Waals surface area contributed by atoms with E-state index in [-0.39, 0.29) is 0 Å². The van der Waals surface area contributed by atoms with E-state index in [4.69, 9.17) is 0 Å². The topological polar surface area (TPSA) is 29.1 Å². The van der Waals surface area contributed by atoms with Gasteiger partial charge in [-0.05, 0) is 12.0 Å². The second-order valence-electron chi connectivity index (χ2n) is 3.72. The lowest BCUT2D eigenvalue weighted by Gasteiger charge is -2.26. The summed E-state index contributed by atoms with van der Waals surface area (Å²) < 4.78 is 0. The van der Waals surface area contributed by atoms with Crippen LogP contribution >= 0.6 is 0 Å². The molecule has 1 saturated heterocycles. The van der Waals surface area contributed by atoms with Crippen molar-refractivity contribution in [3.8, 4) is 0 Å². The van der Waals surface area contributed by atoms with Crippen LogP contribution < -0.4 is 5.32 Å². The van der Waals surface area contributed by atoms with Gasteiger partial charge in [-0.1, -0.05) is 37.3 Å². The Labute approximate surface area is 84.3 Å². The van der Waals surface area contributed by atoms with E-state index in [0.29, 0.717) is 12.2 Å². The second-order valence-corrected chi connectivity index (χ2v) is 3.72. The zero-order chi connectivity index (χ0) is 10.0. The van der Waals surface area contributed by atoms with Gasteiger partial charge in [0.25, 0.3) is 0 Å². The van der Waals surface area contributed by atoms with Crippen molar-refractivity contribution < 1.29 is 4.79 Å². The normalized spacial score (nSPS) is 26.8. The van der Waals surface area contributed by atoms with Gasteiger partial charge in [0.2, 0.25) is 0 Å². The molecule has 1 fully saturated rings. The summed E-state index contributed by atoms with van der Waals surface area (Å²) in [5.74, 6) is 0.325. The number of carbonyl (C=O) groups is 1. The molecule has 1 heterocycles. The third-order valence-electron chi connectivity index (χ3n) is 3.05. The van der Waals surface area contributed by atoms with E-state index in [1.807, 2.05) is 30.3 Å². The van der Waals surface area contributed by atoms with E-state index in [0.717, 1.165) is 18.5 Å². The van der Waals surface area contributed by atoms with Crippen LogP contribution in [0.15, 0.2) is 30.3 Å². The van der Waals surface area contributed by atoms with Crippen molar-refractivity contribution in [3.05, 3.63) is 35.9 Å². The molecule has 1 aromatic rings. The molecule has 1 aliphatic rings. The van der Waals surface area contributed by atoms with E-state index >= 15 is 0 Å². The highest BCUT2D eigenvalue weighted by molar-refractivity contribution is 5.91. The van der Waals surface area contributed by atoms with Gasteiger partial charge >= 0.3 is 0 Å². The molecule has 1 N–H and O–H groups in total. The first-order valence-electron chi connectivity index (χ1n) is 5.13. The molecule has 0 aromatic heterocycles. The minimum absolute atomic E-state index is 0.325. The van der Waals surface area contributed by atoms with Gasteiger partial charge in [0.15, 0.2) is 5.78 Å². The van der Waals surface area contributed by atoms with Crippen molar-refractivity contribution >= 4 is 5.78 Å². The van der Waals surface area contributed by atoms with Crippen molar-refractivity contribution in [2.45, 2.75) is 25.3 Å². The molecule has 1 aliphatic heterocycles. The SMILES string of the molecule is CCC1(c2ccccc2)NCCC1=O. The Morgan fingerprint density at radius 1 is 1.36 bits per heavy atom. The maximum Gasteiger partial charge on any atom is 0.158 e. The van der Waals surface area contributed by atoms with Gasteiger partial charge in [-0.2, -0.15) is 0 Å². The van der Waals surface area contributed by atoms with Crippen LogP contribution in [0.4, 0.5) is 0 Å². The van der Waals surface area contributed by atoms with Crippen LogP contribution in [0.5, 0.6) is 0 Å². The van der Waals surface area contributed by atoms with Crippen molar-refractivity contribution in [1.29, 1.82) is 0 Å². The van der Waals surface area contributed by atoms with Gasteiger partial charge in [-0.3, -0.25) is 4.79 Å². The summed E-state index contributed by atoms with van der Waals surface area (Å²) in [5, 5.41) is 3.34. The van der Waals surface area contributed by atoms with Gasteiger partial charge in [-0.25, -0.2) is 0 Å². The van der Waals surface area contributed by atoms with Crippen LogP contribution in [0, 0.1) is 0 Å². The van der Waals surface area contributed by atoms with Crippen LogP contribution in [0.2, 0.25) is 0 Å². The van der Waals surface area contributed by atoms with E-state index < -0.39 is 5.54 Å². The minimum Gasteiger partial charge on any atom is -0.301 e. The van der Waals surface area contributed by atoms with Crippen LogP contribution in [0.3, 0.4) is 0 Å². The summed E-state index contributed by atoms with van der Waals surface area (Å²) in [7, 11) is 0. The van der Waals surface area contributed by atoms with E-state index in [1.165, 1.54) is 0 Å². The van der Waals surface area contributed by atoms with Crippen molar-refractivity contribution in [3.63, 3.8) is 0 Å². The Kier molecular flexibility index (Phi) is 2.38. The molecule has 74 valence electrons. The standard InChI is InChI=1S/C12H15NO/c1-2-12(11(14)8-9-13-12)10-6-4-3-5-7-10/h3-7,13H,2,8-9H2,1H3. The smallest absolute Gasteiger partial charge is 0.158 e. The number of rotatable bonds is 2. The summed E-state index contributed by atoms with van der Waals surface area (Å²) in [6, 6.07) is 10.0. The first-order valence-corrected chi connectivity index (χ1v) is 5.13. The molecule has 0 bridgehead atoms.